The third-order valence-corrected chi connectivity index (χ3v) is 2.80. The van der Waals surface area contributed by atoms with Crippen molar-refractivity contribution < 1.29 is 9.53 Å². The van der Waals surface area contributed by atoms with Crippen molar-refractivity contribution in [3.8, 4) is 0 Å². The molecule has 0 aromatic heterocycles. The van der Waals surface area contributed by atoms with E-state index in [1.54, 1.807) is 0 Å². The fourth-order valence-corrected chi connectivity index (χ4v) is 2.10. The van der Waals surface area contributed by atoms with E-state index in [4.69, 9.17) is 10.5 Å². The highest BCUT2D eigenvalue weighted by Crippen LogP contribution is 2.15. The Bertz CT molecular complexity index is 251. The maximum atomic E-state index is 11.5. The summed E-state index contributed by atoms with van der Waals surface area (Å²) in [7, 11) is 0. The summed E-state index contributed by atoms with van der Waals surface area (Å²) in [6, 6.07) is 0.408. The molecule has 5 heteroatoms. The van der Waals surface area contributed by atoms with Crippen LogP contribution in [0.2, 0.25) is 0 Å². The lowest BCUT2D eigenvalue weighted by Crippen LogP contribution is -2.43. The minimum atomic E-state index is -0.434. The first kappa shape index (κ1) is 14.3. The molecule has 100 valence electrons. The lowest BCUT2D eigenvalue weighted by atomic mass is 10.2. The smallest absolute Gasteiger partial charge is 0.407 e. The van der Waals surface area contributed by atoms with Gasteiger partial charge in [0.25, 0.3) is 0 Å². The molecule has 0 saturated carbocycles. The quantitative estimate of drug-likeness (QED) is 0.771. The summed E-state index contributed by atoms with van der Waals surface area (Å²) in [6.45, 7) is 8.89. The Morgan fingerprint density at radius 1 is 1.53 bits per heavy atom. The average Bonchev–Trinajstić information content (AvgIpc) is 2.60. The molecule has 0 unspecified atom stereocenters. The van der Waals surface area contributed by atoms with Crippen LogP contribution in [0.15, 0.2) is 0 Å². The highest BCUT2D eigenvalue weighted by Gasteiger charge is 2.24. The Hall–Kier alpha value is -0.810. The number of rotatable bonds is 4. The van der Waals surface area contributed by atoms with Crippen LogP contribution in [0.5, 0.6) is 0 Å². The average molecular weight is 243 g/mol. The number of nitrogens with two attached hydrogens (primary N) is 1. The molecule has 1 amide bonds. The van der Waals surface area contributed by atoms with Gasteiger partial charge in [-0.15, -0.1) is 0 Å². The van der Waals surface area contributed by atoms with Crippen LogP contribution in [0, 0.1) is 0 Å². The number of alkyl carbamates (subject to hydrolysis) is 1. The van der Waals surface area contributed by atoms with Gasteiger partial charge >= 0.3 is 6.09 Å². The first-order valence-electron chi connectivity index (χ1n) is 6.33. The van der Waals surface area contributed by atoms with Crippen LogP contribution < -0.4 is 11.1 Å². The number of ether oxygens (including phenoxy) is 1. The van der Waals surface area contributed by atoms with Gasteiger partial charge in [-0.25, -0.2) is 4.79 Å². The molecule has 1 aliphatic heterocycles. The van der Waals surface area contributed by atoms with E-state index in [0.29, 0.717) is 19.1 Å². The fourth-order valence-electron chi connectivity index (χ4n) is 2.10. The molecule has 3 N–H and O–H groups in total. The molecule has 0 aromatic rings. The van der Waals surface area contributed by atoms with Crippen LogP contribution in [0.4, 0.5) is 4.79 Å². The Balaban J connectivity index is 2.27. The second-order valence-electron chi connectivity index (χ2n) is 5.50. The number of hydrogen-bond donors (Lipinski definition) is 2. The number of likely N-dealkylation sites (tertiary alicyclic amines) is 1. The fraction of sp³-hybridized carbons (Fsp3) is 0.917. The van der Waals surface area contributed by atoms with E-state index in [2.05, 4.69) is 10.2 Å². The van der Waals surface area contributed by atoms with E-state index in [0.717, 1.165) is 19.5 Å². The summed E-state index contributed by atoms with van der Waals surface area (Å²) in [5.74, 6) is 0. The van der Waals surface area contributed by atoms with Crippen LogP contribution in [0.1, 0.15) is 33.6 Å². The molecular weight excluding hydrogens is 218 g/mol. The van der Waals surface area contributed by atoms with Crippen molar-refractivity contribution in [1.29, 1.82) is 0 Å². The monoisotopic (exact) mass is 243 g/mol. The largest absolute Gasteiger partial charge is 0.444 e. The number of nitrogens with zero attached hydrogens (tertiary/aromatic N) is 1. The Morgan fingerprint density at radius 3 is 2.82 bits per heavy atom. The van der Waals surface area contributed by atoms with Gasteiger partial charge in [-0.3, -0.25) is 4.90 Å². The zero-order valence-electron chi connectivity index (χ0n) is 11.2. The zero-order chi connectivity index (χ0) is 12.9. The van der Waals surface area contributed by atoms with Crippen molar-refractivity contribution in [1.82, 2.24) is 10.2 Å². The molecule has 0 spiro atoms. The molecule has 1 heterocycles. The van der Waals surface area contributed by atoms with Gasteiger partial charge in [-0.05, 0) is 40.2 Å². The summed E-state index contributed by atoms with van der Waals surface area (Å²) in [5.41, 5.74) is 5.12. The molecule has 1 saturated heterocycles. The van der Waals surface area contributed by atoms with Crippen molar-refractivity contribution >= 4 is 6.09 Å². The molecule has 1 rings (SSSR count). The van der Waals surface area contributed by atoms with Gasteiger partial charge < -0.3 is 15.8 Å². The number of hydrogen-bond acceptors (Lipinski definition) is 4. The van der Waals surface area contributed by atoms with Crippen molar-refractivity contribution in [2.75, 3.05) is 26.2 Å². The van der Waals surface area contributed by atoms with Crippen molar-refractivity contribution in [2.45, 2.75) is 45.3 Å². The zero-order valence-corrected chi connectivity index (χ0v) is 11.2. The standard InChI is InChI=1S/C12H25N3O2/c1-12(2,3)17-11(16)14-9-10-5-4-7-15(10)8-6-13/h10H,4-9,13H2,1-3H3,(H,14,16)/t10-/m1/s1. The maximum absolute atomic E-state index is 11.5. The normalized spacial score (nSPS) is 21.5. The SMILES string of the molecule is CC(C)(C)OC(=O)NC[C@H]1CCCN1CCN. The lowest BCUT2D eigenvalue weighted by Gasteiger charge is -2.25. The van der Waals surface area contributed by atoms with Gasteiger partial charge in [0.15, 0.2) is 0 Å². The molecule has 1 aliphatic rings. The van der Waals surface area contributed by atoms with Crippen LogP contribution in [0.25, 0.3) is 0 Å². The molecule has 0 bridgehead atoms. The van der Waals surface area contributed by atoms with Gasteiger partial charge in [-0.2, -0.15) is 0 Å². The van der Waals surface area contributed by atoms with Crippen molar-refractivity contribution in [3.63, 3.8) is 0 Å². The van der Waals surface area contributed by atoms with Crippen molar-refractivity contribution in [2.24, 2.45) is 5.73 Å². The topological polar surface area (TPSA) is 67.6 Å². The lowest BCUT2D eigenvalue weighted by molar-refractivity contribution is 0.0514. The highest BCUT2D eigenvalue weighted by atomic mass is 16.6. The first-order chi connectivity index (χ1) is 7.92. The molecule has 0 radical (unpaired) electrons. The number of amides is 1. The van der Waals surface area contributed by atoms with Gasteiger partial charge in [0, 0.05) is 25.7 Å². The Labute approximate surface area is 104 Å². The number of nitrogens with one attached hydrogen (secondary N) is 1. The van der Waals surface area contributed by atoms with E-state index < -0.39 is 5.60 Å². The third kappa shape index (κ3) is 5.37. The second-order valence-corrected chi connectivity index (χ2v) is 5.50. The minimum absolute atomic E-state index is 0.336. The van der Waals surface area contributed by atoms with Gasteiger partial charge in [0.05, 0.1) is 0 Å². The molecule has 1 fully saturated rings. The predicted octanol–water partition coefficient (Wildman–Crippen LogP) is 0.934. The summed E-state index contributed by atoms with van der Waals surface area (Å²) in [5, 5.41) is 2.83. The highest BCUT2D eigenvalue weighted by molar-refractivity contribution is 5.67. The van der Waals surface area contributed by atoms with E-state index in [1.165, 1.54) is 6.42 Å². The summed E-state index contributed by atoms with van der Waals surface area (Å²) >= 11 is 0. The Kier molecular flexibility index (Phi) is 5.21. The van der Waals surface area contributed by atoms with Crippen LogP contribution >= 0.6 is 0 Å². The first-order valence-corrected chi connectivity index (χ1v) is 6.33. The van der Waals surface area contributed by atoms with Crippen molar-refractivity contribution in [3.05, 3.63) is 0 Å². The number of carbonyl (C=O) groups is 1. The van der Waals surface area contributed by atoms with E-state index in [9.17, 15) is 4.79 Å². The van der Waals surface area contributed by atoms with Crippen LogP contribution in [-0.2, 0) is 4.74 Å². The van der Waals surface area contributed by atoms with Gasteiger partial charge in [0.2, 0.25) is 0 Å². The van der Waals surface area contributed by atoms with E-state index >= 15 is 0 Å². The third-order valence-electron chi connectivity index (χ3n) is 2.80. The van der Waals surface area contributed by atoms with Gasteiger partial charge in [0.1, 0.15) is 5.60 Å². The molecule has 0 aromatic carbocycles. The predicted molar refractivity (Wildman–Crippen MR) is 67.9 cm³/mol. The van der Waals surface area contributed by atoms with E-state index in [-0.39, 0.29) is 6.09 Å². The van der Waals surface area contributed by atoms with E-state index in [1.807, 2.05) is 20.8 Å². The summed E-state index contributed by atoms with van der Waals surface area (Å²) in [4.78, 5) is 13.8. The second kappa shape index (κ2) is 6.21. The minimum Gasteiger partial charge on any atom is -0.444 e. The van der Waals surface area contributed by atoms with Crippen LogP contribution in [-0.4, -0.2) is 48.8 Å². The Morgan fingerprint density at radius 2 is 2.24 bits per heavy atom. The number of carbonyl (C=O) groups excluding carboxylic acids is 1. The molecule has 0 aliphatic carbocycles. The molecule has 17 heavy (non-hydrogen) atoms. The summed E-state index contributed by atoms with van der Waals surface area (Å²) in [6.07, 6.45) is 1.97. The van der Waals surface area contributed by atoms with Gasteiger partial charge in [-0.1, -0.05) is 0 Å². The molecular formula is C12H25N3O2. The van der Waals surface area contributed by atoms with Crippen LogP contribution in [0.3, 0.4) is 0 Å². The summed E-state index contributed by atoms with van der Waals surface area (Å²) < 4.78 is 5.20. The molecule has 5 nitrogen and oxygen atoms in total. The molecule has 1 atom stereocenters. The maximum Gasteiger partial charge on any atom is 0.407 e.